The van der Waals surface area contributed by atoms with Crippen LogP contribution in [0.25, 0.3) is 11.2 Å². The van der Waals surface area contributed by atoms with Crippen LogP contribution in [0.1, 0.15) is 12.8 Å². The molecule has 0 spiro atoms. The van der Waals surface area contributed by atoms with Crippen LogP contribution < -0.4 is 5.32 Å². The summed E-state index contributed by atoms with van der Waals surface area (Å²) in [6.07, 6.45) is 6.00. The molecular weight excluding hydrogens is 280 g/mol. The maximum Gasteiger partial charge on any atom is 0.211 e. The lowest BCUT2D eigenvalue weighted by Crippen LogP contribution is -2.44. The highest BCUT2D eigenvalue weighted by atomic mass is 32.2. The second kappa shape index (κ2) is 4.98. The zero-order valence-electron chi connectivity index (χ0n) is 11.1. The maximum atomic E-state index is 11.6. The molecule has 8 nitrogen and oxygen atoms in total. The number of hydrogen-bond acceptors (Lipinski definition) is 6. The molecule has 2 aromatic rings. The summed E-state index contributed by atoms with van der Waals surface area (Å²) < 4.78 is 24.7. The van der Waals surface area contributed by atoms with Crippen LogP contribution in [0, 0.1) is 0 Å². The van der Waals surface area contributed by atoms with Gasteiger partial charge in [0.05, 0.1) is 12.6 Å². The predicted molar refractivity (Wildman–Crippen MR) is 74.7 cm³/mol. The zero-order valence-corrected chi connectivity index (χ0v) is 11.9. The van der Waals surface area contributed by atoms with E-state index in [1.807, 2.05) is 0 Å². The van der Waals surface area contributed by atoms with Gasteiger partial charge in [0, 0.05) is 19.1 Å². The molecule has 9 heteroatoms. The van der Waals surface area contributed by atoms with Crippen molar-refractivity contribution in [3.63, 3.8) is 0 Å². The van der Waals surface area contributed by atoms with Crippen molar-refractivity contribution in [1.29, 1.82) is 0 Å². The van der Waals surface area contributed by atoms with Gasteiger partial charge in [0.1, 0.15) is 11.8 Å². The van der Waals surface area contributed by atoms with Crippen molar-refractivity contribution in [3.8, 4) is 0 Å². The van der Waals surface area contributed by atoms with E-state index in [0.717, 1.165) is 18.4 Å². The van der Waals surface area contributed by atoms with Crippen molar-refractivity contribution >= 4 is 27.0 Å². The Balaban J connectivity index is 1.79. The average molecular weight is 296 g/mol. The number of aromatic nitrogens is 4. The average Bonchev–Trinajstić information content (AvgIpc) is 2.87. The van der Waals surface area contributed by atoms with Crippen LogP contribution in [0.4, 0.5) is 5.82 Å². The first-order valence-corrected chi connectivity index (χ1v) is 8.24. The van der Waals surface area contributed by atoms with Gasteiger partial charge in [-0.2, -0.15) is 0 Å². The van der Waals surface area contributed by atoms with E-state index in [4.69, 9.17) is 0 Å². The highest BCUT2D eigenvalue weighted by molar-refractivity contribution is 7.88. The zero-order chi connectivity index (χ0) is 14.2. The highest BCUT2D eigenvalue weighted by Crippen LogP contribution is 2.20. The second-order valence-electron chi connectivity index (χ2n) is 4.93. The first-order valence-electron chi connectivity index (χ1n) is 6.40. The van der Waals surface area contributed by atoms with Gasteiger partial charge in [0.2, 0.25) is 10.0 Å². The van der Waals surface area contributed by atoms with Crippen LogP contribution in [0.15, 0.2) is 12.7 Å². The Morgan fingerprint density at radius 2 is 2.25 bits per heavy atom. The van der Waals surface area contributed by atoms with Crippen molar-refractivity contribution in [2.75, 3.05) is 24.7 Å². The Morgan fingerprint density at radius 3 is 3.05 bits per heavy atom. The molecule has 0 amide bonds. The van der Waals surface area contributed by atoms with Gasteiger partial charge in [-0.25, -0.2) is 27.7 Å². The van der Waals surface area contributed by atoms with Crippen LogP contribution in [0.2, 0.25) is 0 Å². The van der Waals surface area contributed by atoms with E-state index < -0.39 is 10.0 Å². The third-order valence-electron chi connectivity index (χ3n) is 3.42. The summed E-state index contributed by atoms with van der Waals surface area (Å²) in [5.41, 5.74) is 1.34. The molecule has 1 saturated heterocycles. The smallest absolute Gasteiger partial charge is 0.211 e. The lowest BCUT2D eigenvalue weighted by atomic mass is 10.1. The summed E-state index contributed by atoms with van der Waals surface area (Å²) in [6, 6.07) is 0.0416. The fourth-order valence-corrected chi connectivity index (χ4v) is 3.34. The molecule has 1 aliphatic heterocycles. The number of sulfonamides is 1. The van der Waals surface area contributed by atoms with Crippen LogP contribution in [-0.4, -0.2) is 58.0 Å². The molecule has 2 aromatic heterocycles. The Hall–Kier alpha value is -1.74. The van der Waals surface area contributed by atoms with Gasteiger partial charge >= 0.3 is 0 Å². The number of fused-ring (bicyclic) bond motifs is 1. The molecule has 0 saturated carbocycles. The number of aromatic amines is 1. The van der Waals surface area contributed by atoms with Crippen molar-refractivity contribution in [2.24, 2.45) is 0 Å². The second-order valence-corrected chi connectivity index (χ2v) is 6.91. The normalized spacial score (nSPS) is 21.1. The molecule has 108 valence electrons. The monoisotopic (exact) mass is 296 g/mol. The molecule has 3 rings (SSSR count). The van der Waals surface area contributed by atoms with Gasteiger partial charge in [0.15, 0.2) is 11.5 Å². The first-order chi connectivity index (χ1) is 9.54. The largest absolute Gasteiger partial charge is 0.364 e. The number of nitrogens with zero attached hydrogens (tertiary/aromatic N) is 4. The molecule has 1 fully saturated rings. The number of anilines is 1. The molecule has 0 aliphatic carbocycles. The van der Waals surface area contributed by atoms with Crippen molar-refractivity contribution < 1.29 is 8.42 Å². The van der Waals surface area contributed by atoms with Gasteiger partial charge in [-0.05, 0) is 12.8 Å². The van der Waals surface area contributed by atoms with E-state index >= 15 is 0 Å². The Bertz CT molecular complexity index is 713. The van der Waals surface area contributed by atoms with Crippen molar-refractivity contribution in [3.05, 3.63) is 12.7 Å². The topological polar surface area (TPSA) is 104 Å². The third kappa shape index (κ3) is 2.59. The SMILES string of the molecule is CS(=O)(=O)N1CCCC(Nc2ncnc3nc[nH]c23)C1. The molecule has 1 aliphatic rings. The fourth-order valence-electron chi connectivity index (χ4n) is 2.43. The molecule has 0 radical (unpaired) electrons. The van der Waals surface area contributed by atoms with Gasteiger partial charge in [0.25, 0.3) is 0 Å². The van der Waals surface area contributed by atoms with Crippen LogP contribution >= 0.6 is 0 Å². The number of hydrogen-bond donors (Lipinski definition) is 2. The van der Waals surface area contributed by atoms with Crippen LogP contribution in [-0.2, 0) is 10.0 Å². The maximum absolute atomic E-state index is 11.6. The summed E-state index contributed by atoms with van der Waals surface area (Å²) in [6.45, 7) is 1.04. The lowest BCUT2D eigenvalue weighted by Gasteiger charge is -2.31. The summed E-state index contributed by atoms with van der Waals surface area (Å²) in [4.78, 5) is 15.3. The van der Waals surface area contributed by atoms with E-state index in [-0.39, 0.29) is 6.04 Å². The van der Waals surface area contributed by atoms with Crippen molar-refractivity contribution in [2.45, 2.75) is 18.9 Å². The minimum absolute atomic E-state index is 0.0416. The number of piperidine rings is 1. The van der Waals surface area contributed by atoms with Gasteiger partial charge in [-0.15, -0.1) is 0 Å². The number of H-pyrrole nitrogens is 1. The Labute approximate surface area is 116 Å². The van der Waals surface area contributed by atoms with Gasteiger partial charge < -0.3 is 10.3 Å². The lowest BCUT2D eigenvalue weighted by molar-refractivity contribution is 0.329. The Morgan fingerprint density at radius 1 is 1.40 bits per heavy atom. The summed E-state index contributed by atoms with van der Waals surface area (Å²) in [7, 11) is -3.14. The third-order valence-corrected chi connectivity index (χ3v) is 4.69. The number of nitrogens with one attached hydrogen (secondary N) is 2. The standard InChI is InChI=1S/C11H16N6O2S/c1-20(18,19)17-4-2-3-8(5-17)16-11-9-10(13-6-12-9)14-7-15-11/h6-8H,2-5H2,1H3,(H2,12,13,14,15,16). The minimum Gasteiger partial charge on any atom is -0.364 e. The highest BCUT2D eigenvalue weighted by Gasteiger charge is 2.26. The van der Waals surface area contributed by atoms with E-state index in [2.05, 4.69) is 25.3 Å². The quantitative estimate of drug-likeness (QED) is 0.838. The minimum atomic E-state index is -3.14. The molecule has 1 unspecified atom stereocenters. The van der Waals surface area contributed by atoms with E-state index in [1.54, 1.807) is 6.33 Å². The molecule has 2 N–H and O–H groups in total. The summed E-state index contributed by atoms with van der Waals surface area (Å²) >= 11 is 0. The summed E-state index contributed by atoms with van der Waals surface area (Å²) in [5.74, 6) is 0.660. The van der Waals surface area contributed by atoms with Gasteiger partial charge in [-0.3, -0.25) is 0 Å². The summed E-state index contributed by atoms with van der Waals surface area (Å²) in [5, 5.41) is 3.28. The van der Waals surface area contributed by atoms with Crippen LogP contribution in [0.3, 0.4) is 0 Å². The fraction of sp³-hybridized carbons (Fsp3) is 0.545. The molecular formula is C11H16N6O2S. The van der Waals surface area contributed by atoms with E-state index in [0.29, 0.717) is 24.6 Å². The molecule has 20 heavy (non-hydrogen) atoms. The molecule has 3 heterocycles. The molecule has 0 aromatic carbocycles. The number of rotatable bonds is 3. The molecule has 0 bridgehead atoms. The number of imidazole rings is 1. The van der Waals surface area contributed by atoms with E-state index in [1.165, 1.54) is 16.9 Å². The Kier molecular flexibility index (Phi) is 3.30. The van der Waals surface area contributed by atoms with Gasteiger partial charge in [-0.1, -0.05) is 0 Å². The van der Waals surface area contributed by atoms with Crippen molar-refractivity contribution in [1.82, 2.24) is 24.2 Å². The van der Waals surface area contributed by atoms with Crippen LogP contribution in [0.5, 0.6) is 0 Å². The molecule has 1 atom stereocenters. The van der Waals surface area contributed by atoms with E-state index in [9.17, 15) is 8.42 Å². The predicted octanol–water partition coefficient (Wildman–Crippen LogP) is 0.189. The first kappa shape index (κ1) is 13.3.